The van der Waals surface area contributed by atoms with Crippen LogP contribution in [-0.2, 0) is 0 Å². The van der Waals surface area contributed by atoms with Crippen LogP contribution in [0.1, 0.15) is 51.9 Å². The first-order chi connectivity index (χ1) is 5.83. The summed E-state index contributed by atoms with van der Waals surface area (Å²) in [5.41, 5.74) is 0. The van der Waals surface area contributed by atoms with Crippen LogP contribution in [0.4, 0.5) is 0 Å². The van der Waals surface area contributed by atoms with Crippen LogP contribution in [0.2, 0.25) is 0 Å². The van der Waals surface area contributed by atoms with Crippen molar-refractivity contribution in [3.05, 3.63) is 0 Å². The molecular weight excluding hydrogens is 148 g/mol. The molecule has 1 N–H and O–H groups in total. The van der Waals surface area contributed by atoms with Crippen molar-refractivity contribution in [3.8, 4) is 0 Å². The zero-order valence-electron chi connectivity index (χ0n) is 8.26. The molecule has 12 heavy (non-hydrogen) atoms. The topological polar surface area (TPSA) is 20.2 Å². The number of hydrogen-bond donors (Lipinski definition) is 1. The van der Waals surface area contributed by atoms with E-state index in [0.717, 1.165) is 5.92 Å². The van der Waals surface area contributed by atoms with E-state index in [2.05, 4.69) is 6.92 Å². The van der Waals surface area contributed by atoms with Crippen molar-refractivity contribution in [1.82, 2.24) is 0 Å². The van der Waals surface area contributed by atoms with Crippen molar-refractivity contribution in [3.63, 3.8) is 0 Å². The number of rotatable bonds is 3. The van der Waals surface area contributed by atoms with Gasteiger partial charge in [0.1, 0.15) is 0 Å². The van der Waals surface area contributed by atoms with Crippen LogP contribution in [0.15, 0.2) is 0 Å². The third-order valence-corrected chi connectivity index (χ3v) is 3.02. The summed E-state index contributed by atoms with van der Waals surface area (Å²) in [6.45, 7) is 2.53. The maximum Gasteiger partial charge on any atom is 0.0456 e. The molecule has 0 spiro atoms. The Kier molecular flexibility index (Phi) is 4.67. The zero-order chi connectivity index (χ0) is 8.81. The van der Waals surface area contributed by atoms with Crippen molar-refractivity contribution in [2.75, 3.05) is 6.61 Å². The predicted molar refractivity (Wildman–Crippen MR) is 52.1 cm³/mol. The number of hydrogen-bond acceptors (Lipinski definition) is 1. The first kappa shape index (κ1) is 10.0. The van der Waals surface area contributed by atoms with E-state index in [4.69, 9.17) is 5.11 Å². The van der Waals surface area contributed by atoms with Crippen molar-refractivity contribution in [1.29, 1.82) is 0 Å². The molecule has 72 valence electrons. The Morgan fingerprint density at radius 3 is 2.25 bits per heavy atom. The Hall–Kier alpha value is -0.0400. The number of aliphatic hydroxyl groups is 1. The highest BCUT2D eigenvalue weighted by molar-refractivity contribution is 4.67. The minimum atomic E-state index is 0.372. The van der Waals surface area contributed by atoms with Gasteiger partial charge in [-0.2, -0.15) is 0 Å². The van der Waals surface area contributed by atoms with Crippen LogP contribution in [-0.4, -0.2) is 11.7 Å². The van der Waals surface area contributed by atoms with E-state index < -0.39 is 0 Å². The van der Waals surface area contributed by atoms with Gasteiger partial charge in [-0.3, -0.25) is 0 Å². The van der Waals surface area contributed by atoms with Gasteiger partial charge in [0.25, 0.3) is 0 Å². The first-order valence-electron chi connectivity index (χ1n) is 5.43. The highest BCUT2D eigenvalue weighted by Crippen LogP contribution is 2.27. The summed E-state index contributed by atoms with van der Waals surface area (Å²) >= 11 is 0. The normalized spacial score (nSPS) is 23.5. The molecule has 1 saturated carbocycles. The van der Waals surface area contributed by atoms with E-state index in [1.54, 1.807) is 0 Å². The highest BCUT2D eigenvalue weighted by atomic mass is 16.3. The Balaban J connectivity index is 2.20. The Morgan fingerprint density at radius 1 is 1.17 bits per heavy atom. The van der Waals surface area contributed by atoms with E-state index >= 15 is 0 Å². The van der Waals surface area contributed by atoms with Crippen LogP contribution < -0.4 is 0 Å². The fraction of sp³-hybridized carbons (Fsp3) is 1.00. The second kappa shape index (κ2) is 5.58. The van der Waals surface area contributed by atoms with E-state index in [0.29, 0.717) is 12.5 Å². The van der Waals surface area contributed by atoms with Gasteiger partial charge in [0.15, 0.2) is 0 Å². The molecule has 0 aromatic heterocycles. The monoisotopic (exact) mass is 170 g/mol. The largest absolute Gasteiger partial charge is 0.396 e. The van der Waals surface area contributed by atoms with Gasteiger partial charge in [0.05, 0.1) is 0 Å². The molecule has 1 nitrogen and oxygen atoms in total. The van der Waals surface area contributed by atoms with Gasteiger partial charge in [-0.05, 0) is 18.3 Å². The molecule has 1 atom stereocenters. The summed E-state index contributed by atoms with van der Waals surface area (Å²) in [4.78, 5) is 0. The van der Waals surface area contributed by atoms with Gasteiger partial charge in [-0.15, -0.1) is 0 Å². The van der Waals surface area contributed by atoms with Gasteiger partial charge >= 0.3 is 0 Å². The Morgan fingerprint density at radius 2 is 1.75 bits per heavy atom. The lowest BCUT2D eigenvalue weighted by molar-refractivity contribution is 0.207. The molecule has 1 fully saturated rings. The van der Waals surface area contributed by atoms with Crippen LogP contribution in [0.5, 0.6) is 0 Å². The lowest BCUT2D eigenvalue weighted by Gasteiger charge is -2.17. The van der Waals surface area contributed by atoms with Crippen LogP contribution in [0.3, 0.4) is 0 Å². The van der Waals surface area contributed by atoms with Crippen molar-refractivity contribution in [2.45, 2.75) is 51.9 Å². The molecule has 0 bridgehead atoms. The Bertz CT molecular complexity index is 104. The third kappa shape index (κ3) is 3.57. The average Bonchev–Trinajstić information content (AvgIpc) is 2.33. The molecule has 0 saturated heterocycles. The van der Waals surface area contributed by atoms with Crippen LogP contribution >= 0.6 is 0 Å². The van der Waals surface area contributed by atoms with Crippen molar-refractivity contribution >= 4 is 0 Å². The maximum absolute atomic E-state index is 8.94. The molecular formula is C11H22O. The van der Waals surface area contributed by atoms with Gasteiger partial charge in [0.2, 0.25) is 0 Å². The summed E-state index contributed by atoms with van der Waals surface area (Å²) in [7, 11) is 0. The summed E-state index contributed by atoms with van der Waals surface area (Å²) in [5, 5.41) is 8.94. The highest BCUT2D eigenvalue weighted by Gasteiger charge is 2.14. The molecule has 0 aromatic rings. The van der Waals surface area contributed by atoms with Crippen molar-refractivity contribution in [2.24, 2.45) is 11.8 Å². The minimum Gasteiger partial charge on any atom is -0.396 e. The van der Waals surface area contributed by atoms with Gasteiger partial charge in [0, 0.05) is 6.61 Å². The molecule has 0 heterocycles. The van der Waals surface area contributed by atoms with E-state index in [1.165, 1.54) is 44.9 Å². The predicted octanol–water partition coefficient (Wildman–Crippen LogP) is 2.98. The van der Waals surface area contributed by atoms with Crippen LogP contribution in [0.25, 0.3) is 0 Å². The van der Waals surface area contributed by atoms with E-state index in [-0.39, 0.29) is 0 Å². The molecule has 0 aromatic carbocycles. The molecule has 0 radical (unpaired) electrons. The fourth-order valence-corrected chi connectivity index (χ4v) is 2.24. The second-order valence-corrected chi connectivity index (χ2v) is 4.38. The summed E-state index contributed by atoms with van der Waals surface area (Å²) in [5.74, 6) is 1.43. The quantitative estimate of drug-likeness (QED) is 0.646. The average molecular weight is 170 g/mol. The summed E-state index contributed by atoms with van der Waals surface area (Å²) in [6.07, 6.45) is 9.77. The van der Waals surface area contributed by atoms with Gasteiger partial charge < -0.3 is 5.11 Å². The third-order valence-electron chi connectivity index (χ3n) is 3.02. The lowest BCUT2D eigenvalue weighted by atomic mass is 9.90. The Labute approximate surface area is 76.2 Å². The van der Waals surface area contributed by atoms with Gasteiger partial charge in [-0.25, -0.2) is 0 Å². The molecule has 1 heteroatoms. The summed E-state index contributed by atoms with van der Waals surface area (Å²) in [6, 6.07) is 0. The molecule has 0 aliphatic heterocycles. The summed E-state index contributed by atoms with van der Waals surface area (Å²) < 4.78 is 0. The first-order valence-corrected chi connectivity index (χ1v) is 5.43. The molecule has 0 amide bonds. The molecule has 1 aliphatic rings. The fourth-order valence-electron chi connectivity index (χ4n) is 2.24. The standard InChI is InChI=1S/C11H22O/c1-10(9-12)8-11-6-4-2-3-5-7-11/h10-12H,2-9H2,1H3/t10-/m1/s1. The molecule has 1 rings (SSSR count). The maximum atomic E-state index is 8.94. The van der Waals surface area contributed by atoms with Gasteiger partial charge in [-0.1, -0.05) is 45.4 Å². The molecule has 0 unspecified atom stereocenters. The van der Waals surface area contributed by atoms with E-state index in [1.807, 2.05) is 0 Å². The zero-order valence-corrected chi connectivity index (χ0v) is 8.26. The second-order valence-electron chi connectivity index (χ2n) is 4.38. The number of aliphatic hydroxyl groups excluding tert-OH is 1. The lowest BCUT2D eigenvalue weighted by Crippen LogP contribution is -2.08. The minimum absolute atomic E-state index is 0.372. The molecule has 1 aliphatic carbocycles. The SMILES string of the molecule is C[C@@H](CO)CC1CCCCCC1. The van der Waals surface area contributed by atoms with Crippen molar-refractivity contribution < 1.29 is 5.11 Å². The smallest absolute Gasteiger partial charge is 0.0456 e. The van der Waals surface area contributed by atoms with E-state index in [9.17, 15) is 0 Å². The van der Waals surface area contributed by atoms with Crippen LogP contribution in [0, 0.1) is 11.8 Å².